The molecule has 0 unspecified atom stereocenters. The maximum atomic E-state index is 11.6. The van der Waals surface area contributed by atoms with Gasteiger partial charge in [0.2, 0.25) is 0 Å². The summed E-state index contributed by atoms with van der Waals surface area (Å²) in [4.78, 5) is 16.2. The molecule has 1 amide bonds. The third-order valence-electron chi connectivity index (χ3n) is 2.04. The normalized spacial score (nSPS) is 10.0. The molecule has 0 radical (unpaired) electrons. The van der Waals surface area contributed by atoms with Gasteiger partial charge in [0.25, 0.3) is 5.91 Å². The summed E-state index contributed by atoms with van der Waals surface area (Å²) in [5.74, 6) is 0.0923. The summed E-state index contributed by atoms with van der Waals surface area (Å²) < 4.78 is 0. The van der Waals surface area contributed by atoms with E-state index in [1.54, 1.807) is 23.4 Å². The van der Waals surface area contributed by atoms with Crippen molar-refractivity contribution in [3.05, 3.63) is 24.0 Å². The predicted octanol–water partition coefficient (Wildman–Crippen LogP) is 1.89. The summed E-state index contributed by atoms with van der Waals surface area (Å²) in [5.41, 5.74) is 0.735. The molecule has 0 atom stereocenters. The molecule has 1 aromatic heterocycles. The van der Waals surface area contributed by atoms with Crippen LogP contribution in [0, 0.1) is 0 Å². The number of hydrogen-bond acceptors (Lipinski definition) is 1. The van der Waals surface area contributed by atoms with Crippen LogP contribution in [0.4, 0.5) is 0 Å². The highest BCUT2D eigenvalue weighted by molar-refractivity contribution is 5.93. The van der Waals surface area contributed by atoms with Crippen molar-refractivity contribution in [3.8, 4) is 0 Å². The van der Waals surface area contributed by atoms with Crippen molar-refractivity contribution in [2.24, 2.45) is 0 Å². The van der Waals surface area contributed by atoms with Gasteiger partial charge in [0.05, 0.1) is 5.56 Å². The number of nitrogens with zero attached hydrogens (tertiary/aromatic N) is 1. The number of nitrogens with one attached hydrogen (secondary N) is 1. The van der Waals surface area contributed by atoms with Crippen molar-refractivity contribution in [1.29, 1.82) is 0 Å². The van der Waals surface area contributed by atoms with Gasteiger partial charge in [-0.15, -0.1) is 0 Å². The van der Waals surface area contributed by atoms with Crippen LogP contribution >= 0.6 is 0 Å². The molecular weight excluding hydrogens is 164 g/mol. The molecule has 13 heavy (non-hydrogen) atoms. The maximum Gasteiger partial charge on any atom is 0.255 e. The smallest absolute Gasteiger partial charge is 0.255 e. The lowest BCUT2D eigenvalue weighted by atomic mass is 10.2. The standard InChI is InChI=1S/C10H16N2O/c1-3-4-7-12(2)10(13)9-5-6-11-8-9/h5-6,8,11H,3-4,7H2,1-2H3. The molecular formula is C10H16N2O. The van der Waals surface area contributed by atoms with Crippen LogP contribution in [0.2, 0.25) is 0 Å². The number of aromatic amines is 1. The number of rotatable bonds is 4. The van der Waals surface area contributed by atoms with Crippen molar-refractivity contribution in [2.45, 2.75) is 19.8 Å². The molecule has 0 saturated heterocycles. The quantitative estimate of drug-likeness (QED) is 0.754. The SMILES string of the molecule is CCCCN(C)C(=O)c1cc[nH]c1. The number of hydrogen-bond donors (Lipinski definition) is 1. The molecule has 3 heteroatoms. The van der Waals surface area contributed by atoms with E-state index < -0.39 is 0 Å². The van der Waals surface area contributed by atoms with E-state index in [0.717, 1.165) is 24.9 Å². The lowest BCUT2D eigenvalue weighted by Crippen LogP contribution is -2.27. The summed E-state index contributed by atoms with van der Waals surface area (Å²) in [6.07, 6.45) is 5.67. The fourth-order valence-electron chi connectivity index (χ4n) is 1.17. The second-order valence-corrected chi connectivity index (χ2v) is 3.18. The van der Waals surface area contributed by atoms with Gasteiger partial charge in [-0.25, -0.2) is 0 Å². The van der Waals surface area contributed by atoms with Gasteiger partial charge in [-0.3, -0.25) is 4.79 Å². The Morgan fingerprint density at radius 3 is 2.92 bits per heavy atom. The van der Waals surface area contributed by atoms with Gasteiger partial charge >= 0.3 is 0 Å². The van der Waals surface area contributed by atoms with Crippen LogP contribution in [-0.4, -0.2) is 29.4 Å². The average molecular weight is 180 g/mol. The Kier molecular flexibility index (Phi) is 3.55. The third-order valence-corrected chi connectivity index (χ3v) is 2.04. The topological polar surface area (TPSA) is 36.1 Å². The molecule has 1 N–H and O–H groups in total. The molecule has 3 nitrogen and oxygen atoms in total. The lowest BCUT2D eigenvalue weighted by molar-refractivity contribution is 0.0793. The van der Waals surface area contributed by atoms with E-state index in [1.165, 1.54) is 0 Å². The van der Waals surface area contributed by atoms with Gasteiger partial charge in [0.15, 0.2) is 0 Å². The van der Waals surface area contributed by atoms with Gasteiger partial charge in [-0.1, -0.05) is 13.3 Å². The minimum atomic E-state index is 0.0923. The largest absolute Gasteiger partial charge is 0.367 e. The number of amides is 1. The average Bonchev–Trinajstić information content (AvgIpc) is 2.65. The summed E-state index contributed by atoms with van der Waals surface area (Å²) >= 11 is 0. The Balaban J connectivity index is 2.48. The van der Waals surface area contributed by atoms with Crippen LogP contribution in [0.25, 0.3) is 0 Å². The minimum Gasteiger partial charge on any atom is -0.367 e. The van der Waals surface area contributed by atoms with E-state index in [9.17, 15) is 4.79 Å². The molecule has 72 valence electrons. The fraction of sp³-hybridized carbons (Fsp3) is 0.500. The van der Waals surface area contributed by atoms with Gasteiger partial charge in [0, 0.05) is 26.0 Å². The van der Waals surface area contributed by atoms with E-state index in [1.807, 2.05) is 7.05 Å². The van der Waals surface area contributed by atoms with Gasteiger partial charge in [-0.05, 0) is 12.5 Å². The van der Waals surface area contributed by atoms with Gasteiger partial charge in [-0.2, -0.15) is 0 Å². The van der Waals surface area contributed by atoms with E-state index in [-0.39, 0.29) is 5.91 Å². The number of aromatic nitrogens is 1. The lowest BCUT2D eigenvalue weighted by Gasteiger charge is -2.15. The summed E-state index contributed by atoms with van der Waals surface area (Å²) in [6.45, 7) is 2.95. The minimum absolute atomic E-state index is 0.0923. The van der Waals surface area contributed by atoms with Crippen molar-refractivity contribution < 1.29 is 4.79 Å². The van der Waals surface area contributed by atoms with Gasteiger partial charge < -0.3 is 9.88 Å². The highest BCUT2D eigenvalue weighted by Gasteiger charge is 2.10. The molecule has 0 aliphatic rings. The Morgan fingerprint density at radius 1 is 1.62 bits per heavy atom. The predicted molar refractivity (Wildman–Crippen MR) is 52.7 cm³/mol. The molecule has 0 aliphatic heterocycles. The first kappa shape index (κ1) is 9.84. The summed E-state index contributed by atoms with van der Waals surface area (Å²) in [5, 5.41) is 0. The summed E-state index contributed by atoms with van der Waals surface area (Å²) in [7, 11) is 1.84. The molecule has 1 heterocycles. The molecule has 0 fully saturated rings. The van der Waals surface area contributed by atoms with Crippen molar-refractivity contribution in [2.75, 3.05) is 13.6 Å². The first-order chi connectivity index (χ1) is 6.25. The molecule has 0 aliphatic carbocycles. The van der Waals surface area contributed by atoms with E-state index in [2.05, 4.69) is 11.9 Å². The first-order valence-corrected chi connectivity index (χ1v) is 4.64. The number of carbonyl (C=O) groups is 1. The molecule has 0 aromatic carbocycles. The Morgan fingerprint density at radius 2 is 2.38 bits per heavy atom. The molecule has 1 rings (SSSR count). The van der Waals surface area contributed by atoms with E-state index in [4.69, 9.17) is 0 Å². The van der Waals surface area contributed by atoms with Crippen LogP contribution in [0.1, 0.15) is 30.1 Å². The Hall–Kier alpha value is -1.25. The zero-order chi connectivity index (χ0) is 9.68. The zero-order valence-electron chi connectivity index (χ0n) is 8.21. The van der Waals surface area contributed by atoms with Crippen LogP contribution in [-0.2, 0) is 0 Å². The number of carbonyl (C=O) groups excluding carboxylic acids is 1. The number of H-pyrrole nitrogens is 1. The van der Waals surface area contributed by atoms with Crippen LogP contribution in [0.15, 0.2) is 18.5 Å². The molecule has 0 saturated carbocycles. The summed E-state index contributed by atoms with van der Waals surface area (Å²) in [6, 6.07) is 1.80. The zero-order valence-corrected chi connectivity index (χ0v) is 8.21. The highest BCUT2D eigenvalue weighted by Crippen LogP contribution is 2.02. The molecule has 0 bridgehead atoms. The highest BCUT2D eigenvalue weighted by atomic mass is 16.2. The van der Waals surface area contributed by atoms with E-state index >= 15 is 0 Å². The molecule has 0 spiro atoms. The Bertz CT molecular complexity index is 254. The van der Waals surface area contributed by atoms with Crippen molar-refractivity contribution >= 4 is 5.91 Å². The van der Waals surface area contributed by atoms with Crippen LogP contribution < -0.4 is 0 Å². The maximum absolute atomic E-state index is 11.6. The first-order valence-electron chi connectivity index (χ1n) is 4.64. The fourth-order valence-corrected chi connectivity index (χ4v) is 1.17. The van der Waals surface area contributed by atoms with Crippen LogP contribution in [0.3, 0.4) is 0 Å². The Labute approximate surface area is 78.8 Å². The molecule has 1 aromatic rings. The number of unbranched alkanes of at least 4 members (excludes halogenated alkanes) is 1. The monoisotopic (exact) mass is 180 g/mol. The third kappa shape index (κ3) is 2.61. The van der Waals surface area contributed by atoms with Crippen molar-refractivity contribution in [3.63, 3.8) is 0 Å². The second kappa shape index (κ2) is 4.70. The van der Waals surface area contributed by atoms with E-state index in [0.29, 0.717) is 0 Å². The second-order valence-electron chi connectivity index (χ2n) is 3.18. The van der Waals surface area contributed by atoms with Crippen LogP contribution in [0.5, 0.6) is 0 Å². The van der Waals surface area contributed by atoms with Crippen molar-refractivity contribution in [1.82, 2.24) is 9.88 Å². The van der Waals surface area contributed by atoms with Gasteiger partial charge in [0.1, 0.15) is 0 Å².